The lowest BCUT2D eigenvalue weighted by molar-refractivity contribution is -0.384. The van der Waals surface area contributed by atoms with Gasteiger partial charge in [0.05, 0.1) is 17.7 Å². The Labute approximate surface area is 165 Å². The summed E-state index contributed by atoms with van der Waals surface area (Å²) in [4.78, 5) is 23.1. The number of nitro benzene ring substituents is 1. The van der Waals surface area contributed by atoms with E-state index in [0.717, 1.165) is 16.7 Å². The molecule has 1 unspecified atom stereocenters. The van der Waals surface area contributed by atoms with Crippen LogP contribution in [0.15, 0.2) is 48.7 Å². The summed E-state index contributed by atoms with van der Waals surface area (Å²) in [5.41, 5.74) is 2.51. The van der Waals surface area contributed by atoms with E-state index in [0.29, 0.717) is 23.9 Å². The normalized spacial score (nSPS) is 17.0. The second-order valence-electron chi connectivity index (χ2n) is 6.95. The molecule has 3 heterocycles. The Morgan fingerprint density at radius 2 is 2.07 bits per heavy atom. The molecule has 5 rings (SSSR count). The molecule has 1 N–H and O–H groups in total. The molecule has 0 saturated carbocycles. The lowest BCUT2D eigenvalue weighted by atomic mass is 9.87. The number of aromatic nitrogens is 2. The van der Waals surface area contributed by atoms with Gasteiger partial charge in [0.15, 0.2) is 11.5 Å². The van der Waals surface area contributed by atoms with E-state index in [1.807, 2.05) is 18.2 Å². The fourth-order valence-corrected chi connectivity index (χ4v) is 3.75. The number of nitrogens with one attached hydrogen (secondary N) is 1. The Kier molecular flexibility index (Phi) is 3.94. The second kappa shape index (κ2) is 6.62. The summed E-state index contributed by atoms with van der Waals surface area (Å²) in [5.74, 6) is 1.55. The van der Waals surface area contributed by atoms with Crippen LogP contribution in [0.25, 0.3) is 0 Å². The van der Waals surface area contributed by atoms with E-state index in [9.17, 15) is 14.9 Å². The molecule has 1 amide bonds. The van der Waals surface area contributed by atoms with Crippen molar-refractivity contribution in [1.29, 1.82) is 0 Å². The van der Waals surface area contributed by atoms with Gasteiger partial charge in [-0.15, -0.1) is 0 Å². The summed E-state index contributed by atoms with van der Waals surface area (Å²) < 4.78 is 12.5. The first-order valence-electron chi connectivity index (χ1n) is 9.07. The van der Waals surface area contributed by atoms with Crippen LogP contribution in [0.4, 0.5) is 11.5 Å². The number of benzene rings is 2. The SMILES string of the molecule is O=C1CC(c2cccc([N+](=O)[O-])c2)c2cnn(Cc3ccc4c(c3)OCO4)c2N1. The molecule has 9 nitrogen and oxygen atoms in total. The third kappa shape index (κ3) is 3.06. The number of hydrogen-bond donors (Lipinski definition) is 1. The first-order chi connectivity index (χ1) is 14.1. The molecular weight excluding hydrogens is 376 g/mol. The Morgan fingerprint density at radius 3 is 2.93 bits per heavy atom. The number of nitro groups is 1. The maximum absolute atomic E-state index is 12.4. The van der Waals surface area contributed by atoms with Crippen LogP contribution in [0.1, 0.15) is 29.0 Å². The van der Waals surface area contributed by atoms with Crippen molar-refractivity contribution in [3.8, 4) is 11.5 Å². The fraction of sp³-hybridized carbons (Fsp3) is 0.200. The number of rotatable bonds is 4. The Hall–Kier alpha value is -3.88. The molecule has 0 aliphatic carbocycles. The maximum atomic E-state index is 12.4. The summed E-state index contributed by atoms with van der Waals surface area (Å²) in [5, 5.41) is 18.5. The van der Waals surface area contributed by atoms with Gasteiger partial charge in [-0.1, -0.05) is 18.2 Å². The van der Waals surface area contributed by atoms with Gasteiger partial charge in [0, 0.05) is 30.0 Å². The van der Waals surface area contributed by atoms with Gasteiger partial charge in [-0.25, -0.2) is 4.68 Å². The average Bonchev–Trinajstić information content (AvgIpc) is 3.34. The highest BCUT2D eigenvalue weighted by atomic mass is 16.7. The molecule has 0 fully saturated rings. The molecule has 146 valence electrons. The van der Waals surface area contributed by atoms with Crippen molar-refractivity contribution in [2.24, 2.45) is 0 Å². The molecule has 3 aromatic rings. The van der Waals surface area contributed by atoms with Crippen molar-refractivity contribution < 1.29 is 19.2 Å². The number of anilines is 1. The van der Waals surface area contributed by atoms with Crippen LogP contribution in [-0.2, 0) is 11.3 Å². The van der Waals surface area contributed by atoms with Crippen LogP contribution in [-0.4, -0.2) is 27.4 Å². The van der Waals surface area contributed by atoms with Crippen molar-refractivity contribution >= 4 is 17.4 Å². The van der Waals surface area contributed by atoms with E-state index >= 15 is 0 Å². The summed E-state index contributed by atoms with van der Waals surface area (Å²) in [6, 6.07) is 12.0. The lowest BCUT2D eigenvalue weighted by Gasteiger charge is -2.23. The Morgan fingerprint density at radius 1 is 1.21 bits per heavy atom. The van der Waals surface area contributed by atoms with E-state index < -0.39 is 4.92 Å². The molecule has 2 aromatic carbocycles. The van der Waals surface area contributed by atoms with E-state index in [1.54, 1.807) is 23.0 Å². The van der Waals surface area contributed by atoms with Crippen molar-refractivity contribution in [3.63, 3.8) is 0 Å². The third-order valence-corrected chi connectivity index (χ3v) is 5.14. The predicted octanol–water partition coefficient (Wildman–Crippen LogP) is 3.04. The highest BCUT2D eigenvalue weighted by molar-refractivity contribution is 5.94. The second-order valence-corrected chi connectivity index (χ2v) is 6.95. The third-order valence-electron chi connectivity index (χ3n) is 5.14. The van der Waals surface area contributed by atoms with Crippen molar-refractivity contribution in [2.75, 3.05) is 12.1 Å². The Balaban J connectivity index is 1.49. The fourth-order valence-electron chi connectivity index (χ4n) is 3.75. The summed E-state index contributed by atoms with van der Waals surface area (Å²) in [7, 11) is 0. The van der Waals surface area contributed by atoms with Crippen LogP contribution in [0.5, 0.6) is 11.5 Å². The number of hydrogen-bond acceptors (Lipinski definition) is 6. The van der Waals surface area contributed by atoms with Crippen LogP contribution < -0.4 is 14.8 Å². The summed E-state index contributed by atoms with van der Waals surface area (Å²) in [6.45, 7) is 0.644. The minimum Gasteiger partial charge on any atom is -0.454 e. The molecule has 1 aromatic heterocycles. The predicted molar refractivity (Wildman–Crippen MR) is 102 cm³/mol. The van der Waals surface area contributed by atoms with Crippen LogP contribution >= 0.6 is 0 Å². The smallest absolute Gasteiger partial charge is 0.269 e. The molecule has 1 atom stereocenters. The van der Waals surface area contributed by atoms with Gasteiger partial charge in [-0.05, 0) is 23.3 Å². The zero-order valence-electron chi connectivity index (χ0n) is 15.2. The molecule has 2 aliphatic rings. The van der Waals surface area contributed by atoms with E-state index in [-0.39, 0.29) is 30.7 Å². The van der Waals surface area contributed by atoms with Crippen LogP contribution in [0.2, 0.25) is 0 Å². The quantitative estimate of drug-likeness (QED) is 0.540. The first kappa shape index (κ1) is 17.2. The highest BCUT2D eigenvalue weighted by Crippen LogP contribution is 2.38. The van der Waals surface area contributed by atoms with Gasteiger partial charge >= 0.3 is 0 Å². The number of carbonyl (C=O) groups is 1. The molecule has 9 heteroatoms. The van der Waals surface area contributed by atoms with Gasteiger partial charge < -0.3 is 14.8 Å². The largest absolute Gasteiger partial charge is 0.454 e. The number of ether oxygens (including phenoxy) is 2. The van der Waals surface area contributed by atoms with Gasteiger partial charge in [0.1, 0.15) is 5.82 Å². The first-order valence-corrected chi connectivity index (χ1v) is 9.07. The monoisotopic (exact) mass is 392 g/mol. The highest BCUT2D eigenvalue weighted by Gasteiger charge is 2.30. The van der Waals surface area contributed by atoms with Crippen molar-refractivity contribution in [2.45, 2.75) is 18.9 Å². The molecule has 2 aliphatic heterocycles. The minimum absolute atomic E-state index is 0.00258. The zero-order valence-corrected chi connectivity index (χ0v) is 15.2. The zero-order chi connectivity index (χ0) is 20.0. The van der Waals surface area contributed by atoms with Gasteiger partial charge in [0.2, 0.25) is 12.7 Å². The lowest BCUT2D eigenvalue weighted by Crippen LogP contribution is -2.25. The van der Waals surface area contributed by atoms with E-state index in [1.165, 1.54) is 12.1 Å². The molecule has 0 bridgehead atoms. The summed E-state index contributed by atoms with van der Waals surface area (Å²) >= 11 is 0. The van der Waals surface area contributed by atoms with Crippen LogP contribution in [0.3, 0.4) is 0 Å². The standard InChI is InChI=1S/C20H16N4O5/c25-19-8-15(13-2-1-3-14(7-13)24(26)27)16-9-21-23(20(16)22-19)10-12-4-5-17-18(6-12)29-11-28-17/h1-7,9,15H,8,10-11H2,(H,22,25). The summed E-state index contributed by atoms with van der Waals surface area (Å²) in [6.07, 6.45) is 1.93. The van der Waals surface area contributed by atoms with E-state index in [4.69, 9.17) is 9.47 Å². The number of fused-ring (bicyclic) bond motifs is 2. The topological polar surface area (TPSA) is 109 Å². The van der Waals surface area contributed by atoms with Gasteiger partial charge in [0.25, 0.3) is 5.69 Å². The van der Waals surface area contributed by atoms with E-state index in [2.05, 4.69) is 10.4 Å². The number of non-ortho nitro benzene ring substituents is 1. The molecule has 0 saturated heterocycles. The van der Waals surface area contributed by atoms with Gasteiger partial charge in [-0.3, -0.25) is 14.9 Å². The Bertz CT molecular complexity index is 1140. The van der Waals surface area contributed by atoms with Crippen LogP contribution in [0, 0.1) is 10.1 Å². The molecule has 0 radical (unpaired) electrons. The molecule has 0 spiro atoms. The average molecular weight is 392 g/mol. The molecular formula is C20H16N4O5. The number of amides is 1. The maximum Gasteiger partial charge on any atom is 0.269 e. The molecule has 29 heavy (non-hydrogen) atoms. The van der Waals surface area contributed by atoms with Crippen molar-refractivity contribution in [1.82, 2.24) is 9.78 Å². The number of nitrogens with zero attached hydrogens (tertiary/aromatic N) is 3. The minimum atomic E-state index is -0.434. The number of carbonyl (C=O) groups excluding carboxylic acids is 1. The van der Waals surface area contributed by atoms with Crippen molar-refractivity contribution in [3.05, 3.63) is 75.5 Å². The van der Waals surface area contributed by atoms with Gasteiger partial charge in [-0.2, -0.15) is 5.10 Å².